The van der Waals surface area contributed by atoms with Gasteiger partial charge in [0.1, 0.15) is 11.5 Å². The summed E-state index contributed by atoms with van der Waals surface area (Å²) >= 11 is 0. The largest absolute Gasteiger partial charge is 0.496 e. The third-order valence-corrected chi connectivity index (χ3v) is 3.24. The molecule has 1 aromatic rings. The van der Waals surface area contributed by atoms with Crippen molar-refractivity contribution in [2.75, 3.05) is 7.11 Å². The van der Waals surface area contributed by atoms with E-state index in [9.17, 15) is 8.42 Å². The third-order valence-electron chi connectivity index (χ3n) is 2.59. The standard InChI is InChI=1S/C11H16O4S/c1-7-5-8(2)11(15-4)9(3)10(7)6-16(12,13)14/h5H,6H2,1-4H3,(H,12,13,14). The van der Waals surface area contributed by atoms with E-state index >= 15 is 0 Å². The second-order valence-corrected chi connectivity index (χ2v) is 5.33. The number of rotatable bonds is 3. The van der Waals surface area contributed by atoms with Gasteiger partial charge >= 0.3 is 0 Å². The van der Waals surface area contributed by atoms with Crippen LogP contribution in [0.5, 0.6) is 5.75 Å². The maximum absolute atomic E-state index is 10.9. The fraction of sp³-hybridized carbons (Fsp3) is 0.455. The van der Waals surface area contributed by atoms with Crippen molar-refractivity contribution in [3.8, 4) is 5.75 Å². The molecule has 0 atom stereocenters. The van der Waals surface area contributed by atoms with Crippen LogP contribution in [0.1, 0.15) is 22.3 Å². The predicted molar refractivity (Wildman–Crippen MR) is 62.5 cm³/mol. The quantitative estimate of drug-likeness (QED) is 0.826. The van der Waals surface area contributed by atoms with Crippen molar-refractivity contribution in [1.29, 1.82) is 0 Å². The molecule has 1 N–H and O–H groups in total. The fourth-order valence-electron chi connectivity index (χ4n) is 1.92. The number of hydrogen-bond donors (Lipinski definition) is 1. The molecule has 0 saturated carbocycles. The average Bonchev–Trinajstić information content (AvgIpc) is 2.11. The van der Waals surface area contributed by atoms with Crippen LogP contribution in [0, 0.1) is 20.8 Å². The zero-order valence-electron chi connectivity index (χ0n) is 9.86. The number of ether oxygens (including phenoxy) is 1. The van der Waals surface area contributed by atoms with E-state index in [-0.39, 0.29) is 5.75 Å². The Morgan fingerprint density at radius 3 is 2.25 bits per heavy atom. The first-order chi connectivity index (χ1) is 7.26. The molecule has 1 aromatic carbocycles. The lowest BCUT2D eigenvalue weighted by molar-refractivity contribution is 0.408. The summed E-state index contributed by atoms with van der Waals surface area (Å²) < 4.78 is 35.9. The molecule has 0 fully saturated rings. The lowest BCUT2D eigenvalue weighted by Crippen LogP contribution is -2.07. The molecular weight excluding hydrogens is 228 g/mol. The molecule has 0 aliphatic heterocycles. The summed E-state index contributed by atoms with van der Waals surface area (Å²) in [5.41, 5.74) is 3.16. The van der Waals surface area contributed by atoms with Gasteiger partial charge in [-0.25, -0.2) is 0 Å². The zero-order valence-corrected chi connectivity index (χ0v) is 10.7. The van der Waals surface area contributed by atoms with Gasteiger partial charge in [0, 0.05) is 0 Å². The average molecular weight is 244 g/mol. The second-order valence-electron chi connectivity index (χ2n) is 3.87. The molecule has 90 valence electrons. The van der Waals surface area contributed by atoms with Crippen LogP contribution < -0.4 is 4.74 Å². The highest BCUT2D eigenvalue weighted by Gasteiger charge is 2.16. The first kappa shape index (κ1) is 13.0. The van der Waals surface area contributed by atoms with Gasteiger partial charge in [-0.15, -0.1) is 0 Å². The van der Waals surface area contributed by atoms with Gasteiger partial charge in [0.2, 0.25) is 0 Å². The van der Waals surface area contributed by atoms with Gasteiger partial charge in [-0.1, -0.05) is 6.07 Å². The van der Waals surface area contributed by atoms with Gasteiger partial charge < -0.3 is 4.74 Å². The fourth-order valence-corrected chi connectivity index (χ4v) is 2.73. The van der Waals surface area contributed by atoms with Gasteiger partial charge in [0.05, 0.1) is 7.11 Å². The van der Waals surface area contributed by atoms with Crippen LogP contribution in [-0.2, 0) is 15.9 Å². The van der Waals surface area contributed by atoms with Crippen LogP contribution in [0.4, 0.5) is 0 Å². The maximum Gasteiger partial charge on any atom is 0.269 e. The molecule has 4 nitrogen and oxygen atoms in total. The predicted octanol–water partition coefficient (Wildman–Crippen LogP) is 2.01. The Kier molecular flexibility index (Phi) is 3.60. The van der Waals surface area contributed by atoms with Crippen molar-refractivity contribution >= 4 is 10.1 Å². The SMILES string of the molecule is COc1c(C)cc(C)c(CS(=O)(=O)O)c1C. The first-order valence-electron chi connectivity index (χ1n) is 4.85. The minimum atomic E-state index is -4.02. The molecule has 5 heteroatoms. The van der Waals surface area contributed by atoms with Gasteiger partial charge in [-0.05, 0) is 43.0 Å². The van der Waals surface area contributed by atoms with Crippen LogP contribution in [0.25, 0.3) is 0 Å². The number of hydrogen-bond acceptors (Lipinski definition) is 3. The van der Waals surface area contributed by atoms with Crippen molar-refractivity contribution in [3.63, 3.8) is 0 Å². The summed E-state index contributed by atoms with van der Waals surface area (Å²) in [6, 6.07) is 1.85. The molecule has 0 aliphatic rings. The van der Waals surface area contributed by atoms with Crippen molar-refractivity contribution in [2.24, 2.45) is 0 Å². The van der Waals surface area contributed by atoms with Crippen LogP contribution in [0.15, 0.2) is 6.07 Å². The second kappa shape index (κ2) is 4.43. The first-order valence-corrected chi connectivity index (χ1v) is 6.46. The molecule has 16 heavy (non-hydrogen) atoms. The third kappa shape index (κ3) is 2.74. The Balaban J connectivity index is 3.40. The Morgan fingerprint density at radius 1 is 1.25 bits per heavy atom. The highest BCUT2D eigenvalue weighted by atomic mass is 32.2. The molecule has 0 aliphatic carbocycles. The molecule has 0 radical (unpaired) electrons. The van der Waals surface area contributed by atoms with Crippen molar-refractivity contribution in [2.45, 2.75) is 26.5 Å². The summed E-state index contributed by atoms with van der Waals surface area (Å²) in [6.07, 6.45) is 0. The van der Waals surface area contributed by atoms with E-state index in [0.29, 0.717) is 11.3 Å². The Morgan fingerprint density at radius 2 is 1.81 bits per heavy atom. The van der Waals surface area contributed by atoms with Crippen LogP contribution in [0.2, 0.25) is 0 Å². The van der Waals surface area contributed by atoms with E-state index in [1.54, 1.807) is 14.0 Å². The number of aryl methyl sites for hydroxylation is 2. The van der Waals surface area contributed by atoms with E-state index in [0.717, 1.165) is 16.7 Å². The lowest BCUT2D eigenvalue weighted by Gasteiger charge is -2.15. The Hall–Kier alpha value is -1.07. The van der Waals surface area contributed by atoms with Crippen LogP contribution in [0.3, 0.4) is 0 Å². The molecule has 1 rings (SSSR count). The van der Waals surface area contributed by atoms with E-state index in [2.05, 4.69) is 0 Å². The van der Waals surface area contributed by atoms with E-state index in [1.807, 2.05) is 19.9 Å². The highest BCUT2D eigenvalue weighted by molar-refractivity contribution is 7.85. The van der Waals surface area contributed by atoms with Crippen LogP contribution >= 0.6 is 0 Å². The van der Waals surface area contributed by atoms with E-state index < -0.39 is 10.1 Å². The normalized spacial score (nSPS) is 11.6. The van der Waals surface area contributed by atoms with Crippen LogP contribution in [-0.4, -0.2) is 20.1 Å². The van der Waals surface area contributed by atoms with E-state index in [4.69, 9.17) is 9.29 Å². The zero-order chi connectivity index (χ0) is 12.5. The van der Waals surface area contributed by atoms with Gasteiger partial charge in [-0.3, -0.25) is 4.55 Å². The molecule has 0 amide bonds. The van der Waals surface area contributed by atoms with Crippen molar-refractivity contribution in [1.82, 2.24) is 0 Å². The topological polar surface area (TPSA) is 63.6 Å². The monoisotopic (exact) mass is 244 g/mol. The maximum atomic E-state index is 10.9. The summed E-state index contributed by atoms with van der Waals surface area (Å²) in [4.78, 5) is 0. The smallest absolute Gasteiger partial charge is 0.269 e. The van der Waals surface area contributed by atoms with Crippen molar-refractivity contribution in [3.05, 3.63) is 28.3 Å². The summed E-state index contributed by atoms with van der Waals surface area (Å²) in [5.74, 6) is 0.297. The number of benzene rings is 1. The molecule has 0 spiro atoms. The molecular formula is C11H16O4S. The Labute approximate surface area is 96.0 Å². The van der Waals surface area contributed by atoms with Gasteiger partial charge in [-0.2, -0.15) is 8.42 Å². The minimum absolute atomic E-state index is 0.374. The Bertz CT molecular complexity index is 503. The summed E-state index contributed by atoms with van der Waals surface area (Å²) in [5, 5.41) is 0. The highest BCUT2D eigenvalue weighted by Crippen LogP contribution is 2.29. The summed E-state index contributed by atoms with van der Waals surface area (Å²) in [7, 11) is -2.47. The molecule has 0 heterocycles. The molecule has 0 unspecified atom stereocenters. The minimum Gasteiger partial charge on any atom is -0.496 e. The van der Waals surface area contributed by atoms with Gasteiger partial charge in [0.25, 0.3) is 10.1 Å². The number of methoxy groups -OCH3 is 1. The van der Waals surface area contributed by atoms with Gasteiger partial charge in [0.15, 0.2) is 0 Å². The van der Waals surface area contributed by atoms with E-state index in [1.165, 1.54) is 0 Å². The molecule has 0 aromatic heterocycles. The molecule has 0 saturated heterocycles. The lowest BCUT2D eigenvalue weighted by atomic mass is 10.00. The van der Waals surface area contributed by atoms with Crippen molar-refractivity contribution < 1.29 is 17.7 Å². The summed E-state index contributed by atoms with van der Waals surface area (Å²) in [6.45, 7) is 5.51. The molecule has 0 bridgehead atoms.